The fourth-order valence-electron chi connectivity index (χ4n) is 2.16. The van der Waals surface area contributed by atoms with Crippen molar-refractivity contribution in [3.63, 3.8) is 0 Å². The van der Waals surface area contributed by atoms with E-state index < -0.39 is 6.10 Å². The summed E-state index contributed by atoms with van der Waals surface area (Å²) in [4.78, 5) is 0. The van der Waals surface area contributed by atoms with Crippen LogP contribution in [-0.4, -0.2) is 34.6 Å². The van der Waals surface area contributed by atoms with Gasteiger partial charge in [0.05, 0.1) is 19.3 Å². The Kier molecular flexibility index (Phi) is 12.6. The minimum atomic E-state index is -0.419. The van der Waals surface area contributed by atoms with Gasteiger partial charge in [-0.2, -0.15) is 0 Å². The first-order chi connectivity index (χ1) is 10.9. The summed E-state index contributed by atoms with van der Waals surface area (Å²) in [6.45, 7) is 8.18. The van der Waals surface area contributed by atoms with E-state index in [1.165, 1.54) is 11.1 Å². The maximum absolute atomic E-state index is 10.0. The van der Waals surface area contributed by atoms with E-state index in [4.69, 9.17) is 5.11 Å². The Morgan fingerprint density at radius 1 is 0.870 bits per heavy atom. The first-order valence-electron chi connectivity index (χ1n) is 8.44. The van der Waals surface area contributed by atoms with Gasteiger partial charge in [0, 0.05) is 0 Å². The number of hydrogen-bond acceptors (Lipinski definition) is 3. The molecule has 0 fully saturated rings. The lowest BCUT2D eigenvalue weighted by atomic mass is 10.0. The molecule has 23 heavy (non-hydrogen) atoms. The van der Waals surface area contributed by atoms with Crippen LogP contribution in [0.5, 0.6) is 0 Å². The molecule has 1 atom stereocenters. The van der Waals surface area contributed by atoms with E-state index in [9.17, 15) is 10.2 Å². The zero-order valence-corrected chi connectivity index (χ0v) is 15.2. The monoisotopic (exact) mass is 322 g/mol. The zero-order chi connectivity index (χ0) is 17.7. The summed E-state index contributed by atoms with van der Waals surface area (Å²) in [5.74, 6) is 0. The molecule has 0 spiro atoms. The summed E-state index contributed by atoms with van der Waals surface area (Å²) in [6, 6.07) is 0. The summed E-state index contributed by atoms with van der Waals surface area (Å²) >= 11 is 0. The minimum absolute atomic E-state index is 0.0793. The highest BCUT2D eigenvalue weighted by molar-refractivity contribution is 5.11. The number of aliphatic hydroxyl groups excluding tert-OH is 3. The van der Waals surface area contributed by atoms with E-state index in [1.807, 2.05) is 39.8 Å². The predicted octanol–water partition coefficient (Wildman–Crippen LogP) is 4.07. The molecule has 0 saturated heterocycles. The molecule has 3 nitrogen and oxygen atoms in total. The van der Waals surface area contributed by atoms with Gasteiger partial charge in [-0.05, 0) is 70.9 Å². The van der Waals surface area contributed by atoms with E-state index in [1.54, 1.807) is 0 Å². The fourth-order valence-corrected chi connectivity index (χ4v) is 2.16. The van der Waals surface area contributed by atoms with Crippen LogP contribution in [0.1, 0.15) is 59.8 Å². The molecular weight excluding hydrogens is 288 g/mol. The molecule has 0 rings (SSSR count). The van der Waals surface area contributed by atoms with E-state index in [-0.39, 0.29) is 13.2 Å². The third-order valence-electron chi connectivity index (χ3n) is 3.82. The van der Waals surface area contributed by atoms with Crippen LogP contribution in [0, 0.1) is 0 Å². The van der Waals surface area contributed by atoms with Crippen LogP contribution in [0.15, 0.2) is 46.6 Å². The van der Waals surface area contributed by atoms with Gasteiger partial charge in [0.15, 0.2) is 0 Å². The van der Waals surface area contributed by atoms with E-state index in [2.05, 4.69) is 12.2 Å². The molecule has 0 bridgehead atoms. The van der Waals surface area contributed by atoms with Crippen LogP contribution in [-0.2, 0) is 0 Å². The summed E-state index contributed by atoms with van der Waals surface area (Å²) in [6.07, 6.45) is 11.7. The lowest BCUT2D eigenvalue weighted by molar-refractivity contribution is 0.213. The number of aliphatic hydroxyl groups is 3. The second-order valence-electron chi connectivity index (χ2n) is 6.31. The molecular formula is C20H34O3. The molecule has 0 unspecified atom stereocenters. The SMILES string of the molecule is CC(C)=CC[C@@H](O)/C(C)=C/CC/C(=C/CC/C(C)=C/CO)CO. The largest absolute Gasteiger partial charge is 0.392 e. The predicted molar refractivity (Wildman–Crippen MR) is 98.3 cm³/mol. The van der Waals surface area contributed by atoms with Gasteiger partial charge in [0.25, 0.3) is 0 Å². The topological polar surface area (TPSA) is 60.7 Å². The molecule has 0 aromatic heterocycles. The Balaban J connectivity index is 4.31. The molecule has 0 aliphatic heterocycles. The van der Waals surface area contributed by atoms with Gasteiger partial charge in [-0.3, -0.25) is 0 Å². The second kappa shape index (κ2) is 13.3. The number of hydrogen-bond donors (Lipinski definition) is 3. The second-order valence-corrected chi connectivity index (χ2v) is 6.31. The van der Waals surface area contributed by atoms with Gasteiger partial charge in [-0.1, -0.05) is 35.5 Å². The Morgan fingerprint density at radius 2 is 1.52 bits per heavy atom. The van der Waals surface area contributed by atoms with Crippen molar-refractivity contribution in [1.82, 2.24) is 0 Å². The molecule has 0 radical (unpaired) electrons. The maximum Gasteiger partial charge on any atom is 0.0781 e. The van der Waals surface area contributed by atoms with Crippen LogP contribution >= 0.6 is 0 Å². The molecule has 3 heteroatoms. The third kappa shape index (κ3) is 12.0. The van der Waals surface area contributed by atoms with Gasteiger partial charge in [-0.25, -0.2) is 0 Å². The first kappa shape index (κ1) is 21.8. The number of rotatable bonds is 11. The lowest BCUT2D eigenvalue weighted by Gasteiger charge is -2.10. The molecule has 132 valence electrons. The highest BCUT2D eigenvalue weighted by atomic mass is 16.3. The standard InChI is InChI=1S/C20H34O3/c1-16(2)11-12-20(23)18(4)8-6-10-19(15-22)9-5-7-17(3)13-14-21/h8-9,11,13,20-23H,5-7,10,12,14-15H2,1-4H3/b17-13+,18-8+,19-9-/t20-/m1/s1. The molecule has 0 saturated carbocycles. The Bertz CT molecular complexity index is 438. The molecule has 0 heterocycles. The molecule has 0 aromatic carbocycles. The summed E-state index contributed by atoms with van der Waals surface area (Å²) in [5, 5.41) is 28.3. The van der Waals surface area contributed by atoms with E-state index in [0.717, 1.165) is 36.8 Å². The number of allylic oxidation sites excluding steroid dienone is 4. The first-order valence-corrected chi connectivity index (χ1v) is 8.44. The smallest absolute Gasteiger partial charge is 0.0781 e. The average molecular weight is 322 g/mol. The van der Waals surface area contributed by atoms with Gasteiger partial charge in [-0.15, -0.1) is 0 Å². The Morgan fingerprint density at radius 3 is 2.09 bits per heavy atom. The van der Waals surface area contributed by atoms with Gasteiger partial charge < -0.3 is 15.3 Å². The maximum atomic E-state index is 10.0. The Hall–Kier alpha value is -1.16. The van der Waals surface area contributed by atoms with Crippen molar-refractivity contribution in [3.8, 4) is 0 Å². The summed E-state index contributed by atoms with van der Waals surface area (Å²) in [5.41, 5.74) is 4.40. The van der Waals surface area contributed by atoms with Crippen LogP contribution in [0.4, 0.5) is 0 Å². The molecule has 0 aliphatic rings. The molecule has 3 N–H and O–H groups in total. The van der Waals surface area contributed by atoms with Crippen molar-refractivity contribution in [1.29, 1.82) is 0 Å². The molecule has 0 aromatic rings. The zero-order valence-electron chi connectivity index (χ0n) is 15.2. The van der Waals surface area contributed by atoms with Gasteiger partial charge >= 0.3 is 0 Å². The van der Waals surface area contributed by atoms with Crippen molar-refractivity contribution < 1.29 is 15.3 Å². The van der Waals surface area contributed by atoms with Crippen LogP contribution < -0.4 is 0 Å². The summed E-state index contributed by atoms with van der Waals surface area (Å²) in [7, 11) is 0. The van der Waals surface area contributed by atoms with Crippen molar-refractivity contribution in [3.05, 3.63) is 46.6 Å². The molecule has 0 aliphatic carbocycles. The van der Waals surface area contributed by atoms with E-state index in [0.29, 0.717) is 6.42 Å². The van der Waals surface area contributed by atoms with E-state index >= 15 is 0 Å². The highest BCUT2D eigenvalue weighted by Crippen LogP contribution is 2.14. The van der Waals surface area contributed by atoms with Crippen LogP contribution in [0.3, 0.4) is 0 Å². The third-order valence-corrected chi connectivity index (χ3v) is 3.82. The van der Waals surface area contributed by atoms with Crippen molar-refractivity contribution >= 4 is 0 Å². The normalized spacial score (nSPS) is 14.8. The Labute approximate surface area is 141 Å². The summed E-state index contributed by atoms with van der Waals surface area (Å²) < 4.78 is 0. The minimum Gasteiger partial charge on any atom is -0.392 e. The molecule has 0 amide bonds. The van der Waals surface area contributed by atoms with Crippen molar-refractivity contribution in [2.45, 2.75) is 65.9 Å². The van der Waals surface area contributed by atoms with Crippen LogP contribution in [0.25, 0.3) is 0 Å². The van der Waals surface area contributed by atoms with Gasteiger partial charge in [0.2, 0.25) is 0 Å². The quantitative estimate of drug-likeness (QED) is 0.503. The highest BCUT2D eigenvalue weighted by Gasteiger charge is 2.04. The lowest BCUT2D eigenvalue weighted by Crippen LogP contribution is -2.06. The fraction of sp³-hybridized carbons (Fsp3) is 0.600. The average Bonchev–Trinajstić information content (AvgIpc) is 2.50. The van der Waals surface area contributed by atoms with Crippen molar-refractivity contribution in [2.75, 3.05) is 13.2 Å². The van der Waals surface area contributed by atoms with Crippen LogP contribution in [0.2, 0.25) is 0 Å². The van der Waals surface area contributed by atoms with Crippen molar-refractivity contribution in [2.24, 2.45) is 0 Å². The van der Waals surface area contributed by atoms with Gasteiger partial charge in [0.1, 0.15) is 0 Å².